The van der Waals surface area contributed by atoms with Gasteiger partial charge in [0.05, 0.1) is 0 Å². The van der Waals surface area contributed by atoms with Gasteiger partial charge in [-0.1, -0.05) is 29.8 Å². The van der Waals surface area contributed by atoms with Crippen LogP contribution in [0.1, 0.15) is 11.1 Å². The molecule has 19 heavy (non-hydrogen) atoms. The quantitative estimate of drug-likeness (QED) is 0.897. The first kappa shape index (κ1) is 12.2. The number of aryl methyl sites for hydroxylation is 1. The molecule has 0 fully saturated rings. The fourth-order valence-electron chi connectivity index (χ4n) is 2.55. The van der Waals surface area contributed by atoms with Crippen LogP contribution < -0.4 is 10.5 Å². The number of halogens is 1. The van der Waals surface area contributed by atoms with Crippen molar-refractivity contribution in [2.24, 2.45) is 5.73 Å². The summed E-state index contributed by atoms with van der Waals surface area (Å²) in [6.45, 7) is 2.47. The molecule has 1 atom stereocenters. The fourth-order valence-corrected chi connectivity index (χ4v) is 2.55. The van der Waals surface area contributed by atoms with E-state index in [2.05, 4.69) is 0 Å². The van der Waals surface area contributed by atoms with Gasteiger partial charge in [0, 0.05) is 24.1 Å². The maximum atomic E-state index is 13.8. The monoisotopic (exact) mass is 257 g/mol. The Kier molecular flexibility index (Phi) is 2.99. The van der Waals surface area contributed by atoms with Crippen LogP contribution in [-0.4, -0.2) is 12.6 Å². The van der Waals surface area contributed by atoms with E-state index in [0.29, 0.717) is 13.0 Å². The van der Waals surface area contributed by atoms with Crippen LogP contribution in [0.4, 0.5) is 4.39 Å². The van der Waals surface area contributed by atoms with Crippen molar-refractivity contribution >= 4 is 0 Å². The Morgan fingerprint density at radius 3 is 2.89 bits per heavy atom. The number of hydrogen-bond donors (Lipinski definition) is 1. The van der Waals surface area contributed by atoms with Gasteiger partial charge in [0.15, 0.2) is 0 Å². The molecule has 1 unspecified atom stereocenters. The van der Waals surface area contributed by atoms with Gasteiger partial charge < -0.3 is 10.5 Å². The number of rotatable bonds is 2. The lowest BCUT2D eigenvalue weighted by atomic mass is 9.99. The zero-order valence-corrected chi connectivity index (χ0v) is 10.8. The van der Waals surface area contributed by atoms with Crippen LogP contribution in [-0.2, 0) is 6.42 Å². The Hall–Kier alpha value is -1.87. The van der Waals surface area contributed by atoms with Gasteiger partial charge in [-0.2, -0.15) is 0 Å². The summed E-state index contributed by atoms with van der Waals surface area (Å²) in [4.78, 5) is 0. The topological polar surface area (TPSA) is 35.2 Å². The molecule has 0 radical (unpaired) electrons. The van der Waals surface area contributed by atoms with E-state index in [-0.39, 0.29) is 11.9 Å². The van der Waals surface area contributed by atoms with E-state index in [9.17, 15) is 4.39 Å². The Balaban J connectivity index is 2.13. The van der Waals surface area contributed by atoms with Crippen LogP contribution in [0.2, 0.25) is 0 Å². The normalized spacial score (nSPS) is 17.1. The Labute approximate surface area is 112 Å². The summed E-state index contributed by atoms with van der Waals surface area (Å²) >= 11 is 0. The van der Waals surface area contributed by atoms with Crippen molar-refractivity contribution in [1.29, 1.82) is 0 Å². The molecule has 0 spiro atoms. The van der Waals surface area contributed by atoms with E-state index in [1.165, 1.54) is 6.07 Å². The summed E-state index contributed by atoms with van der Waals surface area (Å²) in [6.07, 6.45) is 0.642. The number of nitrogens with two attached hydrogens (primary N) is 1. The summed E-state index contributed by atoms with van der Waals surface area (Å²) in [7, 11) is 0. The summed E-state index contributed by atoms with van der Waals surface area (Å²) in [5.41, 5.74) is 9.49. The standard InChI is InChI=1S/C16H16FNO/c1-10-3-2-4-11(5-10)15-8-13(17)6-12-7-14(9-18)19-16(12)15/h2-6,8,14H,7,9,18H2,1H3. The molecule has 0 amide bonds. The minimum Gasteiger partial charge on any atom is -0.488 e. The van der Waals surface area contributed by atoms with Gasteiger partial charge in [0.1, 0.15) is 17.7 Å². The van der Waals surface area contributed by atoms with E-state index in [1.54, 1.807) is 6.07 Å². The van der Waals surface area contributed by atoms with E-state index in [0.717, 1.165) is 28.0 Å². The largest absolute Gasteiger partial charge is 0.488 e. The van der Waals surface area contributed by atoms with Crippen LogP contribution in [0.3, 0.4) is 0 Å². The van der Waals surface area contributed by atoms with Crippen molar-refractivity contribution < 1.29 is 9.13 Å². The molecule has 0 saturated carbocycles. The number of fused-ring (bicyclic) bond motifs is 1. The molecule has 3 heteroatoms. The second kappa shape index (κ2) is 4.67. The SMILES string of the molecule is Cc1cccc(-c2cc(F)cc3c2OC(CN)C3)c1. The molecular weight excluding hydrogens is 241 g/mol. The summed E-state index contributed by atoms with van der Waals surface area (Å²) in [6, 6.07) is 11.1. The van der Waals surface area contributed by atoms with Crippen molar-refractivity contribution in [3.8, 4) is 16.9 Å². The number of benzene rings is 2. The van der Waals surface area contributed by atoms with Crippen molar-refractivity contribution in [2.45, 2.75) is 19.4 Å². The molecule has 2 aromatic carbocycles. The maximum Gasteiger partial charge on any atom is 0.131 e. The minimum absolute atomic E-state index is 0.0413. The van der Waals surface area contributed by atoms with E-state index in [1.807, 2.05) is 31.2 Å². The van der Waals surface area contributed by atoms with Crippen molar-refractivity contribution in [3.63, 3.8) is 0 Å². The second-order valence-electron chi connectivity index (χ2n) is 4.99. The first-order chi connectivity index (χ1) is 9.17. The maximum absolute atomic E-state index is 13.8. The van der Waals surface area contributed by atoms with Gasteiger partial charge in [-0.3, -0.25) is 0 Å². The molecule has 0 bridgehead atoms. The molecule has 2 N–H and O–H groups in total. The third-order valence-electron chi connectivity index (χ3n) is 3.45. The van der Waals surface area contributed by atoms with Crippen molar-refractivity contribution in [1.82, 2.24) is 0 Å². The highest BCUT2D eigenvalue weighted by Crippen LogP contribution is 2.39. The molecule has 1 aliphatic heterocycles. The van der Waals surface area contributed by atoms with Crippen LogP contribution in [0.15, 0.2) is 36.4 Å². The average molecular weight is 257 g/mol. The van der Waals surface area contributed by atoms with Crippen molar-refractivity contribution in [2.75, 3.05) is 6.54 Å². The van der Waals surface area contributed by atoms with Gasteiger partial charge in [-0.25, -0.2) is 4.39 Å². The van der Waals surface area contributed by atoms with E-state index < -0.39 is 0 Å². The first-order valence-electron chi connectivity index (χ1n) is 6.43. The highest BCUT2D eigenvalue weighted by molar-refractivity contribution is 5.73. The first-order valence-corrected chi connectivity index (χ1v) is 6.43. The van der Waals surface area contributed by atoms with Gasteiger partial charge in [0.25, 0.3) is 0 Å². The van der Waals surface area contributed by atoms with Gasteiger partial charge in [-0.05, 0) is 24.6 Å². The van der Waals surface area contributed by atoms with Crippen LogP contribution in [0.5, 0.6) is 5.75 Å². The third kappa shape index (κ3) is 2.22. The predicted octanol–water partition coefficient (Wildman–Crippen LogP) is 3.06. The van der Waals surface area contributed by atoms with E-state index in [4.69, 9.17) is 10.5 Å². The Morgan fingerprint density at radius 2 is 2.16 bits per heavy atom. The van der Waals surface area contributed by atoms with Crippen molar-refractivity contribution in [3.05, 3.63) is 53.3 Å². The number of hydrogen-bond acceptors (Lipinski definition) is 2. The fraction of sp³-hybridized carbons (Fsp3) is 0.250. The molecule has 3 rings (SSSR count). The molecule has 1 aliphatic rings. The van der Waals surface area contributed by atoms with Gasteiger partial charge in [0.2, 0.25) is 0 Å². The highest BCUT2D eigenvalue weighted by atomic mass is 19.1. The Morgan fingerprint density at radius 1 is 1.32 bits per heavy atom. The third-order valence-corrected chi connectivity index (χ3v) is 3.45. The highest BCUT2D eigenvalue weighted by Gasteiger charge is 2.25. The van der Waals surface area contributed by atoms with Gasteiger partial charge >= 0.3 is 0 Å². The van der Waals surface area contributed by atoms with E-state index >= 15 is 0 Å². The molecule has 1 heterocycles. The lowest BCUT2D eigenvalue weighted by molar-refractivity contribution is 0.242. The lowest BCUT2D eigenvalue weighted by Crippen LogP contribution is -2.24. The number of ether oxygens (including phenoxy) is 1. The van der Waals surface area contributed by atoms with Gasteiger partial charge in [-0.15, -0.1) is 0 Å². The molecule has 0 aromatic heterocycles. The lowest BCUT2D eigenvalue weighted by Gasteiger charge is -2.11. The van der Waals surface area contributed by atoms with Crippen LogP contribution in [0.25, 0.3) is 11.1 Å². The Bertz CT molecular complexity index is 624. The summed E-state index contributed by atoms with van der Waals surface area (Å²) in [5, 5.41) is 0. The zero-order chi connectivity index (χ0) is 13.4. The molecule has 2 aromatic rings. The van der Waals surface area contributed by atoms with Crippen LogP contribution in [0, 0.1) is 12.7 Å². The average Bonchev–Trinajstić information content (AvgIpc) is 2.80. The zero-order valence-electron chi connectivity index (χ0n) is 10.8. The molecule has 2 nitrogen and oxygen atoms in total. The second-order valence-corrected chi connectivity index (χ2v) is 4.99. The predicted molar refractivity (Wildman–Crippen MR) is 73.7 cm³/mol. The summed E-state index contributed by atoms with van der Waals surface area (Å²) in [5.74, 6) is 0.555. The van der Waals surface area contributed by atoms with Crippen LogP contribution >= 0.6 is 0 Å². The smallest absolute Gasteiger partial charge is 0.131 e. The molecule has 0 aliphatic carbocycles. The summed E-state index contributed by atoms with van der Waals surface area (Å²) < 4.78 is 19.6. The minimum atomic E-state index is -0.225. The molecule has 98 valence electrons. The molecular formula is C16H16FNO. The molecule has 0 saturated heterocycles.